The number of nitrogens with one attached hydrogen (secondary N) is 1. The van der Waals surface area contributed by atoms with E-state index in [1.54, 1.807) is 13.0 Å². The largest absolute Gasteiger partial charge is 0.397 e. The average Bonchev–Trinajstić information content (AvgIpc) is 2.44. The molecule has 1 unspecified atom stereocenters. The van der Waals surface area contributed by atoms with Crippen molar-refractivity contribution in [3.8, 4) is 0 Å². The van der Waals surface area contributed by atoms with Gasteiger partial charge in [-0.2, -0.15) is 0 Å². The highest BCUT2D eigenvalue weighted by Gasteiger charge is 2.08. The molecule has 0 aliphatic rings. The van der Waals surface area contributed by atoms with E-state index in [4.69, 9.17) is 5.73 Å². The lowest BCUT2D eigenvalue weighted by Gasteiger charge is -2.17. The Morgan fingerprint density at radius 3 is 2.60 bits per heavy atom. The molecule has 0 aromatic heterocycles. The van der Waals surface area contributed by atoms with Crippen LogP contribution in [-0.4, -0.2) is 6.04 Å². The third kappa shape index (κ3) is 3.73. The molecule has 2 nitrogen and oxygen atoms in total. The summed E-state index contributed by atoms with van der Waals surface area (Å²) in [5.41, 5.74) is 9.04. The highest BCUT2D eigenvalue weighted by molar-refractivity contribution is 5.67. The van der Waals surface area contributed by atoms with Gasteiger partial charge in [0.15, 0.2) is 0 Å². The lowest BCUT2D eigenvalue weighted by Crippen LogP contribution is -2.17. The topological polar surface area (TPSA) is 38.0 Å². The van der Waals surface area contributed by atoms with E-state index >= 15 is 0 Å². The Balaban J connectivity index is 1.95. The molecular formula is C17H21FN2. The minimum Gasteiger partial charge on any atom is -0.397 e. The van der Waals surface area contributed by atoms with Gasteiger partial charge in [-0.15, -0.1) is 0 Å². The first-order chi connectivity index (χ1) is 9.56. The summed E-state index contributed by atoms with van der Waals surface area (Å²) >= 11 is 0. The van der Waals surface area contributed by atoms with Crippen LogP contribution in [-0.2, 0) is 6.42 Å². The molecule has 0 heterocycles. The second-order valence-corrected chi connectivity index (χ2v) is 5.26. The number of anilines is 2. The summed E-state index contributed by atoms with van der Waals surface area (Å²) in [6, 6.07) is 13.8. The van der Waals surface area contributed by atoms with Crippen molar-refractivity contribution in [3.05, 3.63) is 59.4 Å². The first-order valence-corrected chi connectivity index (χ1v) is 6.92. The third-order valence-corrected chi connectivity index (χ3v) is 3.44. The fourth-order valence-electron chi connectivity index (χ4n) is 2.19. The van der Waals surface area contributed by atoms with Gasteiger partial charge in [0.25, 0.3) is 0 Å². The third-order valence-electron chi connectivity index (χ3n) is 3.44. The SMILES string of the molecule is Cc1cc(NC(C)CCc2ccccc2)c(N)cc1F. The Morgan fingerprint density at radius 2 is 1.90 bits per heavy atom. The quantitative estimate of drug-likeness (QED) is 0.802. The van der Waals surface area contributed by atoms with Gasteiger partial charge in [-0.1, -0.05) is 30.3 Å². The van der Waals surface area contributed by atoms with Gasteiger partial charge < -0.3 is 11.1 Å². The number of hydrogen-bond donors (Lipinski definition) is 2. The Kier molecular flexibility index (Phi) is 4.61. The second kappa shape index (κ2) is 6.42. The minimum atomic E-state index is -0.259. The van der Waals surface area contributed by atoms with Gasteiger partial charge >= 0.3 is 0 Å². The maximum absolute atomic E-state index is 13.4. The molecule has 1 atom stereocenters. The molecule has 0 saturated heterocycles. The highest BCUT2D eigenvalue weighted by Crippen LogP contribution is 2.23. The fraction of sp³-hybridized carbons (Fsp3) is 0.294. The fourth-order valence-corrected chi connectivity index (χ4v) is 2.19. The standard InChI is InChI=1S/C17H21FN2/c1-12-10-17(16(19)11-15(12)18)20-13(2)8-9-14-6-4-3-5-7-14/h3-7,10-11,13,20H,8-9,19H2,1-2H3. The van der Waals surface area contributed by atoms with Crippen molar-refractivity contribution in [3.63, 3.8) is 0 Å². The van der Waals surface area contributed by atoms with E-state index in [0.717, 1.165) is 18.5 Å². The van der Waals surface area contributed by atoms with Gasteiger partial charge in [0.2, 0.25) is 0 Å². The molecule has 3 heteroatoms. The van der Waals surface area contributed by atoms with Crippen molar-refractivity contribution in [2.24, 2.45) is 0 Å². The summed E-state index contributed by atoms with van der Waals surface area (Å²) in [6.07, 6.45) is 2.01. The molecule has 0 aliphatic carbocycles. The number of aryl methyl sites for hydroxylation is 2. The normalized spacial score (nSPS) is 12.2. The highest BCUT2D eigenvalue weighted by atomic mass is 19.1. The van der Waals surface area contributed by atoms with E-state index in [2.05, 4.69) is 36.5 Å². The number of benzene rings is 2. The number of halogens is 1. The molecular weight excluding hydrogens is 251 g/mol. The predicted molar refractivity (Wildman–Crippen MR) is 83.4 cm³/mol. The van der Waals surface area contributed by atoms with Crippen LogP contribution < -0.4 is 11.1 Å². The van der Waals surface area contributed by atoms with Gasteiger partial charge in [0.05, 0.1) is 11.4 Å². The van der Waals surface area contributed by atoms with Crippen molar-refractivity contribution in [1.29, 1.82) is 0 Å². The van der Waals surface area contributed by atoms with Crippen LogP contribution in [0, 0.1) is 12.7 Å². The number of hydrogen-bond acceptors (Lipinski definition) is 2. The van der Waals surface area contributed by atoms with Crippen LogP contribution in [0.3, 0.4) is 0 Å². The van der Waals surface area contributed by atoms with Crippen molar-refractivity contribution in [2.45, 2.75) is 32.7 Å². The van der Waals surface area contributed by atoms with E-state index in [-0.39, 0.29) is 11.9 Å². The Hall–Kier alpha value is -2.03. The molecule has 0 bridgehead atoms. The molecule has 0 amide bonds. The van der Waals surface area contributed by atoms with Gasteiger partial charge in [0.1, 0.15) is 5.82 Å². The maximum atomic E-state index is 13.4. The van der Waals surface area contributed by atoms with Crippen molar-refractivity contribution in [2.75, 3.05) is 11.1 Å². The second-order valence-electron chi connectivity index (χ2n) is 5.26. The molecule has 3 N–H and O–H groups in total. The molecule has 20 heavy (non-hydrogen) atoms. The average molecular weight is 272 g/mol. The predicted octanol–water partition coefficient (Wildman–Crippen LogP) is 4.15. The van der Waals surface area contributed by atoms with Crippen LogP contribution in [0.1, 0.15) is 24.5 Å². The summed E-state index contributed by atoms with van der Waals surface area (Å²) < 4.78 is 13.4. The molecule has 2 rings (SSSR count). The van der Waals surface area contributed by atoms with Crippen LogP contribution in [0.5, 0.6) is 0 Å². The zero-order valence-corrected chi connectivity index (χ0v) is 12.0. The summed E-state index contributed by atoms with van der Waals surface area (Å²) in [4.78, 5) is 0. The van der Waals surface area contributed by atoms with Crippen LogP contribution in [0.25, 0.3) is 0 Å². The Morgan fingerprint density at radius 1 is 1.20 bits per heavy atom. The van der Waals surface area contributed by atoms with E-state index in [9.17, 15) is 4.39 Å². The van der Waals surface area contributed by atoms with Crippen molar-refractivity contribution >= 4 is 11.4 Å². The summed E-state index contributed by atoms with van der Waals surface area (Å²) in [5.74, 6) is -0.259. The molecule has 0 aliphatic heterocycles. The van der Waals surface area contributed by atoms with Crippen LogP contribution in [0.15, 0.2) is 42.5 Å². The smallest absolute Gasteiger partial charge is 0.128 e. The maximum Gasteiger partial charge on any atom is 0.128 e. The molecule has 2 aromatic carbocycles. The minimum absolute atomic E-state index is 0.259. The van der Waals surface area contributed by atoms with Gasteiger partial charge in [-0.05, 0) is 49.9 Å². The molecule has 0 fully saturated rings. The van der Waals surface area contributed by atoms with E-state index in [1.807, 2.05) is 6.07 Å². The first kappa shape index (κ1) is 14.4. The number of nitrogens with two attached hydrogens (primary N) is 1. The zero-order chi connectivity index (χ0) is 14.5. The summed E-state index contributed by atoms with van der Waals surface area (Å²) in [7, 11) is 0. The molecule has 0 radical (unpaired) electrons. The summed E-state index contributed by atoms with van der Waals surface area (Å²) in [6.45, 7) is 3.86. The van der Waals surface area contributed by atoms with Gasteiger partial charge in [-0.3, -0.25) is 0 Å². The molecule has 106 valence electrons. The van der Waals surface area contributed by atoms with Crippen molar-refractivity contribution in [1.82, 2.24) is 0 Å². The van der Waals surface area contributed by atoms with Crippen LogP contribution in [0.2, 0.25) is 0 Å². The first-order valence-electron chi connectivity index (χ1n) is 6.92. The lowest BCUT2D eigenvalue weighted by atomic mass is 10.1. The van der Waals surface area contributed by atoms with Gasteiger partial charge in [0, 0.05) is 6.04 Å². The van der Waals surface area contributed by atoms with Crippen LogP contribution in [0.4, 0.5) is 15.8 Å². The zero-order valence-electron chi connectivity index (χ0n) is 12.0. The van der Waals surface area contributed by atoms with E-state index in [1.165, 1.54) is 11.6 Å². The van der Waals surface area contributed by atoms with Crippen LogP contribution >= 0.6 is 0 Å². The van der Waals surface area contributed by atoms with Crippen molar-refractivity contribution < 1.29 is 4.39 Å². The molecule has 0 saturated carbocycles. The summed E-state index contributed by atoms with van der Waals surface area (Å²) in [5, 5.41) is 3.36. The lowest BCUT2D eigenvalue weighted by molar-refractivity contribution is 0.619. The monoisotopic (exact) mass is 272 g/mol. The molecule has 0 spiro atoms. The van der Waals surface area contributed by atoms with Gasteiger partial charge in [-0.25, -0.2) is 4.39 Å². The Labute approximate surface area is 119 Å². The number of rotatable bonds is 5. The molecule has 2 aromatic rings. The Bertz CT molecular complexity index is 567. The number of nitrogen functional groups attached to an aromatic ring is 1. The van der Waals surface area contributed by atoms with E-state index < -0.39 is 0 Å². The van der Waals surface area contributed by atoms with E-state index in [0.29, 0.717) is 11.3 Å².